The van der Waals surface area contributed by atoms with E-state index in [1.165, 1.54) is 12.1 Å². The summed E-state index contributed by atoms with van der Waals surface area (Å²) >= 11 is 0. The van der Waals surface area contributed by atoms with Crippen LogP contribution < -0.4 is 5.32 Å². The van der Waals surface area contributed by atoms with Crippen molar-refractivity contribution in [1.29, 1.82) is 0 Å². The van der Waals surface area contributed by atoms with Gasteiger partial charge in [-0.05, 0) is 42.4 Å². The molecule has 1 aliphatic rings. The molecule has 0 saturated carbocycles. The predicted octanol–water partition coefficient (Wildman–Crippen LogP) is 2.71. The highest BCUT2D eigenvalue weighted by Crippen LogP contribution is 2.34. The van der Waals surface area contributed by atoms with Crippen LogP contribution in [0.5, 0.6) is 0 Å². The maximum absolute atomic E-state index is 13.0. The summed E-state index contributed by atoms with van der Waals surface area (Å²) in [5.74, 6) is -0.297. The second-order valence-corrected chi connectivity index (χ2v) is 6.46. The summed E-state index contributed by atoms with van der Waals surface area (Å²) in [4.78, 5) is 14.1. The third kappa shape index (κ3) is 4.45. The number of amides is 2. The maximum Gasteiger partial charge on any atom is 0.317 e. The van der Waals surface area contributed by atoms with Gasteiger partial charge in [-0.1, -0.05) is 19.1 Å². The van der Waals surface area contributed by atoms with Crippen molar-refractivity contribution in [3.8, 4) is 0 Å². The molecule has 5 nitrogen and oxygen atoms in total. The molecule has 1 aromatic rings. The number of nitrogens with zero attached hydrogens (tertiary/aromatic N) is 1. The van der Waals surface area contributed by atoms with E-state index in [0.29, 0.717) is 19.6 Å². The fraction of sp³-hybridized carbons (Fsp3) is 0.611. The molecule has 0 spiro atoms. The fourth-order valence-electron chi connectivity index (χ4n) is 3.11. The molecule has 2 amide bonds. The van der Waals surface area contributed by atoms with Crippen LogP contribution in [0.4, 0.5) is 9.18 Å². The van der Waals surface area contributed by atoms with Crippen molar-refractivity contribution in [2.75, 3.05) is 33.4 Å². The molecule has 0 aliphatic carbocycles. The monoisotopic (exact) mass is 338 g/mol. The Morgan fingerprint density at radius 3 is 2.50 bits per heavy atom. The lowest BCUT2D eigenvalue weighted by Gasteiger charge is -2.40. The number of aliphatic hydroxyl groups is 1. The van der Waals surface area contributed by atoms with Crippen LogP contribution in [0.1, 0.15) is 37.9 Å². The van der Waals surface area contributed by atoms with Crippen molar-refractivity contribution < 1.29 is 19.0 Å². The Morgan fingerprint density at radius 1 is 1.38 bits per heavy atom. The van der Waals surface area contributed by atoms with E-state index >= 15 is 0 Å². The quantitative estimate of drug-likeness (QED) is 0.838. The first-order chi connectivity index (χ1) is 11.5. The zero-order chi connectivity index (χ0) is 17.6. The lowest BCUT2D eigenvalue weighted by atomic mass is 9.77. The minimum absolute atomic E-state index is 0.0417. The van der Waals surface area contributed by atoms with Crippen LogP contribution >= 0.6 is 0 Å². The molecular formula is C18H27FN2O3. The molecule has 0 bridgehead atoms. The Morgan fingerprint density at radius 2 is 2.00 bits per heavy atom. The van der Waals surface area contributed by atoms with E-state index in [1.807, 2.05) is 0 Å². The van der Waals surface area contributed by atoms with Crippen molar-refractivity contribution in [3.05, 3.63) is 35.6 Å². The average molecular weight is 338 g/mol. The molecule has 1 atom stereocenters. The molecule has 1 saturated heterocycles. The highest BCUT2D eigenvalue weighted by Gasteiger charge is 2.33. The zero-order valence-electron chi connectivity index (χ0n) is 14.4. The van der Waals surface area contributed by atoms with Crippen LogP contribution in [0.3, 0.4) is 0 Å². The molecule has 2 rings (SSSR count). The van der Waals surface area contributed by atoms with Gasteiger partial charge in [0.2, 0.25) is 0 Å². The van der Waals surface area contributed by atoms with E-state index < -0.39 is 0 Å². The van der Waals surface area contributed by atoms with Gasteiger partial charge in [0.15, 0.2) is 0 Å². The van der Waals surface area contributed by atoms with Crippen LogP contribution in [0.2, 0.25) is 0 Å². The van der Waals surface area contributed by atoms with E-state index in [-0.39, 0.29) is 30.0 Å². The number of aliphatic hydroxyl groups excluding tert-OH is 1. The number of rotatable bonds is 6. The first-order valence-electron chi connectivity index (χ1n) is 8.45. The highest BCUT2D eigenvalue weighted by atomic mass is 19.1. The number of piperidine rings is 1. The molecule has 2 N–H and O–H groups in total. The van der Waals surface area contributed by atoms with Crippen molar-refractivity contribution in [1.82, 2.24) is 10.2 Å². The summed E-state index contributed by atoms with van der Waals surface area (Å²) in [5, 5.41) is 12.4. The smallest absolute Gasteiger partial charge is 0.317 e. The van der Waals surface area contributed by atoms with Gasteiger partial charge in [-0.3, -0.25) is 0 Å². The molecule has 0 aromatic heterocycles. The summed E-state index contributed by atoms with van der Waals surface area (Å²) in [6.07, 6.45) is 2.25. The minimum Gasteiger partial charge on any atom is -0.396 e. The lowest BCUT2D eigenvalue weighted by molar-refractivity contribution is 0.0503. The van der Waals surface area contributed by atoms with E-state index in [2.05, 4.69) is 12.2 Å². The summed E-state index contributed by atoms with van der Waals surface area (Å²) in [7, 11) is 1.57. The standard InChI is InChI=1S/C18H27FN2O3/c1-3-18(13-22)8-10-21(11-9-18)17(23)20-12-16(24-2)14-4-6-15(19)7-5-14/h4-7,16,22H,3,8-13H2,1-2H3,(H,20,23). The Kier molecular flexibility index (Phi) is 6.57. The minimum atomic E-state index is -0.313. The van der Waals surface area contributed by atoms with Gasteiger partial charge in [0.05, 0.1) is 6.10 Å². The largest absolute Gasteiger partial charge is 0.396 e. The van der Waals surface area contributed by atoms with Crippen molar-refractivity contribution in [2.45, 2.75) is 32.3 Å². The number of carbonyl (C=O) groups is 1. The molecule has 134 valence electrons. The average Bonchev–Trinajstić information content (AvgIpc) is 2.63. The second-order valence-electron chi connectivity index (χ2n) is 6.46. The fourth-order valence-corrected chi connectivity index (χ4v) is 3.11. The molecule has 1 unspecified atom stereocenters. The van der Waals surface area contributed by atoms with Gasteiger partial charge in [0, 0.05) is 33.4 Å². The van der Waals surface area contributed by atoms with Gasteiger partial charge in [0.1, 0.15) is 5.82 Å². The Labute approximate surface area is 142 Å². The number of ether oxygens (including phenoxy) is 1. The predicted molar refractivity (Wildman–Crippen MR) is 90.2 cm³/mol. The third-order valence-corrected chi connectivity index (χ3v) is 5.16. The number of carbonyl (C=O) groups excluding carboxylic acids is 1. The Bertz CT molecular complexity index is 522. The lowest BCUT2D eigenvalue weighted by Crippen LogP contribution is -2.48. The molecule has 1 aromatic carbocycles. The summed E-state index contributed by atoms with van der Waals surface area (Å²) in [6, 6.07) is 5.96. The zero-order valence-corrected chi connectivity index (χ0v) is 14.4. The van der Waals surface area contributed by atoms with E-state index in [1.54, 1.807) is 24.1 Å². The summed E-state index contributed by atoms with van der Waals surface area (Å²) in [5.41, 5.74) is 0.781. The molecule has 1 fully saturated rings. The number of halogens is 1. The third-order valence-electron chi connectivity index (χ3n) is 5.16. The van der Waals surface area contributed by atoms with E-state index in [9.17, 15) is 14.3 Å². The van der Waals surface area contributed by atoms with Gasteiger partial charge in [-0.2, -0.15) is 0 Å². The van der Waals surface area contributed by atoms with Crippen LogP contribution in [-0.2, 0) is 4.74 Å². The molecule has 6 heteroatoms. The van der Waals surface area contributed by atoms with Crippen molar-refractivity contribution >= 4 is 6.03 Å². The highest BCUT2D eigenvalue weighted by molar-refractivity contribution is 5.74. The first-order valence-corrected chi connectivity index (χ1v) is 8.45. The number of benzene rings is 1. The summed E-state index contributed by atoms with van der Waals surface area (Å²) in [6.45, 7) is 3.88. The van der Waals surface area contributed by atoms with Crippen LogP contribution in [-0.4, -0.2) is 49.4 Å². The van der Waals surface area contributed by atoms with Gasteiger partial charge >= 0.3 is 6.03 Å². The van der Waals surface area contributed by atoms with Crippen LogP contribution in [0, 0.1) is 11.2 Å². The van der Waals surface area contributed by atoms with Crippen LogP contribution in [0.25, 0.3) is 0 Å². The number of hydrogen-bond acceptors (Lipinski definition) is 3. The van der Waals surface area contributed by atoms with Crippen molar-refractivity contribution in [3.63, 3.8) is 0 Å². The SMILES string of the molecule is CCC1(CO)CCN(C(=O)NCC(OC)c2ccc(F)cc2)CC1. The van der Waals surface area contributed by atoms with Gasteiger partial charge in [0.25, 0.3) is 0 Å². The normalized spacial score (nSPS) is 18.2. The van der Waals surface area contributed by atoms with Gasteiger partial charge < -0.3 is 20.1 Å². The van der Waals surface area contributed by atoms with Crippen LogP contribution in [0.15, 0.2) is 24.3 Å². The Hall–Kier alpha value is -1.66. The van der Waals surface area contributed by atoms with Gasteiger partial charge in [-0.25, -0.2) is 9.18 Å². The first kappa shape index (κ1) is 18.7. The molecule has 24 heavy (non-hydrogen) atoms. The number of urea groups is 1. The molecule has 1 heterocycles. The van der Waals surface area contributed by atoms with Crippen molar-refractivity contribution in [2.24, 2.45) is 5.41 Å². The maximum atomic E-state index is 13.0. The van der Waals surface area contributed by atoms with Gasteiger partial charge in [-0.15, -0.1) is 0 Å². The number of nitrogens with one attached hydrogen (secondary N) is 1. The number of likely N-dealkylation sites (tertiary alicyclic amines) is 1. The molecule has 0 radical (unpaired) electrons. The van der Waals surface area contributed by atoms with E-state index in [0.717, 1.165) is 24.8 Å². The molecule has 1 aliphatic heterocycles. The molecular weight excluding hydrogens is 311 g/mol. The second kappa shape index (κ2) is 8.44. The Balaban J connectivity index is 1.85. The number of hydrogen-bond donors (Lipinski definition) is 2. The summed E-state index contributed by atoms with van der Waals surface area (Å²) < 4.78 is 18.4. The topological polar surface area (TPSA) is 61.8 Å². The van der Waals surface area contributed by atoms with E-state index in [4.69, 9.17) is 4.74 Å². The number of methoxy groups -OCH3 is 1.